The predicted octanol–water partition coefficient (Wildman–Crippen LogP) is 2.24. The van der Waals surface area contributed by atoms with Crippen LogP contribution in [0, 0.1) is 0 Å². The van der Waals surface area contributed by atoms with Gasteiger partial charge >= 0.3 is 0 Å². The second-order valence-corrected chi connectivity index (χ2v) is 5.58. The molecule has 2 N–H and O–H groups in total. The van der Waals surface area contributed by atoms with Crippen molar-refractivity contribution in [1.82, 2.24) is 5.32 Å². The zero-order valence-corrected chi connectivity index (χ0v) is 13.5. The molecule has 0 aromatic heterocycles. The summed E-state index contributed by atoms with van der Waals surface area (Å²) in [5.74, 6) is 1.47. The summed E-state index contributed by atoms with van der Waals surface area (Å²) in [5.41, 5.74) is 0.364. The molecule has 24 heavy (non-hydrogen) atoms. The standard InChI is InChI=1S/C17H16ClNO5/c18-14-4-2-1-3-13(14)17(21)19-8-11(20)9-22-12-5-6-15-16(7-12)24-10-23-15/h1-7,11,20H,8-10H2,(H,19,21). The summed E-state index contributed by atoms with van der Waals surface area (Å²) < 4.78 is 16.0. The average molecular weight is 350 g/mol. The summed E-state index contributed by atoms with van der Waals surface area (Å²) in [5, 5.41) is 12.9. The Bertz CT molecular complexity index is 737. The number of hydrogen-bond donors (Lipinski definition) is 2. The van der Waals surface area contributed by atoms with E-state index in [4.69, 9.17) is 25.8 Å². The van der Waals surface area contributed by atoms with Gasteiger partial charge in [0.25, 0.3) is 5.91 Å². The second kappa shape index (κ2) is 7.42. The van der Waals surface area contributed by atoms with Crippen LogP contribution >= 0.6 is 11.6 Å². The maximum atomic E-state index is 12.0. The van der Waals surface area contributed by atoms with Gasteiger partial charge in [0.1, 0.15) is 18.5 Å². The molecule has 7 heteroatoms. The summed E-state index contributed by atoms with van der Waals surface area (Å²) in [6, 6.07) is 11.9. The molecule has 1 heterocycles. The molecule has 1 aliphatic rings. The first-order valence-corrected chi connectivity index (χ1v) is 7.74. The van der Waals surface area contributed by atoms with Gasteiger partial charge in [-0.15, -0.1) is 0 Å². The summed E-state index contributed by atoms with van der Waals surface area (Å²) in [7, 11) is 0. The van der Waals surface area contributed by atoms with E-state index in [-0.39, 0.29) is 25.9 Å². The summed E-state index contributed by atoms with van der Waals surface area (Å²) >= 11 is 5.95. The third kappa shape index (κ3) is 3.90. The number of carbonyl (C=O) groups excluding carboxylic acids is 1. The Hall–Kier alpha value is -2.44. The Labute approximate surface area is 143 Å². The van der Waals surface area contributed by atoms with Crippen LogP contribution < -0.4 is 19.5 Å². The first-order valence-electron chi connectivity index (χ1n) is 7.37. The monoisotopic (exact) mass is 349 g/mol. The fraction of sp³-hybridized carbons (Fsp3) is 0.235. The number of aliphatic hydroxyl groups is 1. The third-order valence-electron chi connectivity index (χ3n) is 3.40. The quantitative estimate of drug-likeness (QED) is 0.836. The van der Waals surface area contributed by atoms with Gasteiger partial charge in [0.15, 0.2) is 11.5 Å². The van der Waals surface area contributed by atoms with Crippen molar-refractivity contribution in [3.63, 3.8) is 0 Å². The number of halogens is 1. The molecule has 1 unspecified atom stereocenters. The Balaban J connectivity index is 1.47. The van der Waals surface area contributed by atoms with E-state index < -0.39 is 6.10 Å². The Kier molecular flexibility index (Phi) is 5.08. The number of hydrogen-bond acceptors (Lipinski definition) is 5. The highest BCUT2D eigenvalue weighted by Gasteiger charge is 2.15. The van der Waals surface area contributed by atoms with Gasteiger partial charge < -0.3 is 24.6 Å². The molecule has 2 aromatic carbocycles. The molecule has 126 valence electrons. The van der Waals surface area contributed by atoms with Gasteiger partial charge in [-0.05, 0) is 24.3 Å². The maximum absolute atomic E-state index is 12.0. The first kappa shape index (κ1) is 16.4. The summed E-state index contributed by atoms with van der Waals surface area (Å²) in [6.07, 6.45) is -0.859. The van der Waals surface area contributed by atoms with E-state index in [0.29, 0.717) is 27.8 Å². The van der Waals surface area contributed by atoms with Crippen LogP contribution in [0.1, 0.15) is 10.4 Å². The normalized spacial score (nSPS) is 13.4. The van der Waals surface area contributed by atoms with Crippen molar-refractivity contribution in [2.45, 2.75) is 6.10 Å². The van der Waals surface area contributed by atoms with Crippen LogP contribution in [0.3, 0.4) is 0 Å². The molecule has 0 bridgehead atoms. The number of carbonyl (C=O) groups is 1. The molecule has 0 aliphatic carbocycles. The SMILES string of the molecule is O=C(NCC(O)COc1ccc2c(c1)OCO2)c1ccccc1Cl. The number of ether oxygens (including phenoxy) is 3. The van der Waals surface area contributed by atoms with Crippen LogP contribution in [-0.2, 0) is 0 Å². The fourth-order valence-electron chi connectivity index (χ4n) is 2.17. The molecular formula is C17H16ClNO5. The lowest BCUT2D eigenvalue weighted by atomic mass is 10.2. The van der Waals surface area contributed by atoms with Crippen molar-refractivity contribution in [3.8, 4) is 17.2 Å². The van der Waals surface area contributed by atoms with Crippen LogP contribution in [0.2, 0.25) is 5.02 Å². The lowest BCUT2D eigenvalue weighted by Crippen LogP contribution is -2.35. The molecule has 3 rings (SSSR count). The zero-order chi connectivity index (χ0) is 16.9. The van der Waals surface area contributed by atoms with E-state index in [0.717, 1.165) is 0 Å². The average Bonchev–Trinajstić information content (AvgIpc) is 3.06. The van der Waals surface area contributed by atoms with Gasteiger partial charge in [0.2, 0.25) is 6.79 Å². The molecule has 2 aromatic rings. The highest BCUT2D eigenvalue weighted by Crippen LogP contribution is 2.35. The molecule has 1 atom stereocenters. The minimum Gasteiger partial charge on any atom is -0.491 e. The van der Waals surface area contributed by atoms with Crippen LogP contribution in [0.5, 0.6) is 17.2 Å². The van der Waals surface area contributed by atoms with Crippen molar-refractivity contribution >= 4 is 17.5 Å². The Morgan fingerprint density at radius 1 is 1.25 bits per heavy atom. The number of aliphatic hydroxyl groups excluding tert-OH is 1. The van der Waals surface area contributed by atoms with Crippen molar-refractivity contribution in [1.29, 1.82) is 0 Å². The molecule has 1 aliphatic heterocycles. The number of benzene rings is 2. The molecule has 1 amide bonds. The van der Waals surface area contributed by atoms with Gasteiger partial charge in [-0.3, -0.25) is 4.79 Å². The molecule has 0 saturated heterocycles. The Morgan fingerprint density at radius 2 is 2.04 bits per heavy atom. The van der Waals surface area contributed by atoms with Gasteiger partial charge in [-0.25, -0.2) is 0 Å². The topological polar surface area (TPSA) is 77.0 Å². The number of fused-ring (bicyclic) bond motifs is 1. The molecular weight excluding hydrogens is 334 g/mol. The van der Waals surface area contributed by atoms with Crippen LogP contribution in [0.25, 0.3) is 0 Å². The summed E-state index contributed by atoms with van der Waals surface area (Å²) in [4.78, 5) is 12.0. The van der Waals surface area contributed by atoms with E-state index in [1.165, 1.54) is 0 Å². The fourth-order valence-corrected chi connectivity index (χ4v) is 2.39. The van der Waals surface area contributed by atoms with Crippen LogP contribution in [0.4, 0.5) is 0 Å². The van der Waals surface area contributed by atoms with E-state index in [1.807, 2.05) is 0 Å². The minimum absolute atomic E-state index is 0.0302. The second-order valence-electron chi connectivity index (χ2n) is 5.17. The highest BCUT2D eigenvalue weighted by atomic mass is 35.5. The number of rotatable bonds is 6. The lowest BCUT2D eigenvalue weighted by molar-refractivity contribution is 0.0843. The predicted molar refractivity (Wildman–Crippen MR) is 87.9 cm³/mol. The Morgan fingerprint density at radius 3 is 2.88 bits per heavy atom. The number of amides is 1. The van der Waals surface area contributed by atoms with Gasteiger partial charge in [0, 0.05) is 12.6 Å². The van der Waals surface area contributed by atoms with Crippen molar-refractivity contribution < 1.29 is 24.1 Å². The van der Waals surface area contributed by atoms with Crippen LogP contribution in [-0.4, -0.2) is 37.1 Å². The van der Waals surface area contributed by atoms with Crippen LogP contribution in [0.15, 0.2) is 42.5 Å². The first-order chi connectivity index (χ1) is 11.6. The van der Waals surface area contributed by atoms with E-state index >= 15 is 0 Å². The molecule has 0 fully saturated rings. The molecule has 0 saturated carbocycles. The zero-order valence-electron chi connectivity index (χ0n) is 12.7. The van der Waals surface area contributed by atoms with Gasteiger partial charge in [-0.2, -0.15) is 0 Å². The lowest BCUT2D eigenvalue weighted by Gasteiger charge is -2.14. The molecule has 0 spiro atoms. The van der Waals surface area contributed by atoms with Gasteiger partial charge in [0.05, 0.1) is 10.6 Å². The van der Waals surface area contributed by atoms with Crippen molar-refractivity contribution in [2.24, 2.45) is 0 Å². The minimum atomic E-state index is -0.859. The number of nitrogens with one attached hydrogen (secondary N) is 1. The van der Waals surface area contributed by atoms with E-state index in [2.05, 4.69) is 5.32 Å². The van der Waals surface area contributed by atoms with E-state index in [1.54, 1.807) is 42.5 Å². The molecule has 0 radical (unpaired) electrons. The van der Waals surface area contributed by atoms with E-state index in [9.17, 15) is 9.90 Å². The van der Waals surface area contributed by atoms with Crippen molar-refractivity contribution in [3.05, 3.63) is 53.1 Å². The van der Waals surface area contributed by atoms with Crippen molar-refractivity contribution in [2.75, 3.05) is 19.9 Å². The highest BCUT2D eigenvalue weighted by molar-refractivity contribution is 6.33. The van der Waals surface area contributed by atoms with Gasteiger partial charge in [-0.1, -0.05) is 23.7 Å². The molecule has 6 nitrogen and oxygen atoms in total. The smallest absolute Gasteiger partial charge is 0.252 e. The largest absolute Gasteiger partial charge is 0.491 e. The summed E-state index contributed by atoms with van der Waals surface area (Å²) in [6.45, 7) is 0.270. The maximum Gasteiger partial charge on any atom is 0.252 e. The third-order valence-corrected chi connectivity index (χ3v) is 3.73.